The van der Waals surface area contributed by atoms with E-state index in [4.69, 9.17) is 5.26 Å². The highest BCUT2D eigenvalue weighted by Crippen LogP contribution is 2.41. The lowest BCUT2D eigenvalue weighted by atomic mass is 10.0. The highest BCUT2D eigenvalue weighted by Gasteiger charge is 2.13. The summed E-state index contributed by atoms with van der Waals surface area (Å²) in [7, 11) is -2.71. The van der Waals surface area contributed by atoms with Crippen LogP contribution in [0.3, 0.4) is 0 Å². The Morgan fingerprint density at radius 2 is 1.72 bits per heavy atom. The van der Waals surface area contributed by atoms with Gasteiger partial charge in [-0.25, -0.2) is 8.60 Å². The summed E-state index contributed by atoms with van der Waals surface area (Å²) in [5.41, 5.74) is 2.86. The summed E-state index contributed by atoms with van der Waals surface area (Å²) >= 11 is 5.07. The monoisotopic (exact) mass is 434 g/mol. The molecule has 0 radical (unpaired) electrons. The first kappa shape index (κ1) is 17.8. The SMILES string of the molecule is CS(=O)(=NC#N)c1ccc(-c2cc(Br)sc2-c2ccc(F)cc2)cc1. The van der Waals surface area contributed by atoms with Gasteiger partial charge < -0.3 is 0 Å². The average molecular weight is 435 g/mol. The molecule has 1 aromatic heterocycles. The van der Waals surface area contributed by atoms with Gasteiger partial charge in [0.25, 0.3) is 0 Å². The minimum Gasteiger partial charge on any atom is -0.244 e. The van der Waals surface area contributed by atoms with E-state index >= 15 is 0 Å². The maximum Gasteiger partial charge on any atom is 0.214 e. The summed E-state index contributed by atoms with van der Waals surface area (Å²) in [6.07, 6.45) is 3.05. The number of hydrogen-bond donors (Lipinski definition) is 0. The van der Waals surface area contributed by atoms with E-state index in [0.717, 1.165) is 25.4 Å². The first-order valence-electron chi connectivity index (χ1n) is 7.17. The topological polar surface area (TPSA) is 53.2 Å². The molecule has 0 amide bonds. The van der Waals surface area contributed by atoms with Gasteiger partial charge in [0.1, 0.15) is 5.82 Å². The van der Waals surface area contributed by atoms with E-state index in [9.17, 15) is 8.60 Å². The van der Waals surface area contributed by atoms with Gasteiger partial charge in [0.15, 0.2) is 0 Å². The summed E-state index contributed by atoms with van der Waals surface area (Å²) in [4.78, 5) is 1.52. The second kappa shape index (κ2) is 7.08. The molecule has 0 saturated carbocycles. The molecule has 1 unspecified atom stereocenters. The second-order valence-electron chi connectivity index (χ2n) is 5.32. The largest absolute Gasteiger partial charge is 0.244 e. The van der Waals surface area contributed by atoms with Crippen molar-refractivity contribution >= 4 is 37.0 Å². The molecule has 1 heterocycles. The van der Waals surface area contributed by atoms with Crippen molar-refractivity contribution in [3.8, 4) is 27.8 Å². The third-order valence-electron chi connectivity index (χ3n) is 3.63. The van der Waals surface area contributed by atoms with E-state index in [1.54, 1.807) is 41.8 Å². The predicted molar refractivity (Wildman–Crippen MR) is 103 cm³/mol. The van der Waals surface area contributed by atoms with Gasteiger partial charge in [-0.3, -0.25) is 0 Å². The number of nitrogens with zero attached hydrogens (tertiary/aromatic N) is 2. The van der Waals surface area contributed by atoms with Crippen LogP contribution in [0.15, 0.2) is 67.6 Å². The molecule has 2 aromatic carbocycles. The van der Waals surface area contributed by atoms with Crippen molar-refractivity contribution in [1.82, 2.24) is 0 Å². The van der Waals surface area contributed by atoms with Crippen LogP contribution in [-0.4, -0.2) is 10.5 Å². The van der Waals surface area contributed by atoms with Gasteiger partial charge in [-0.15, -0.1) is 15.7 Å². The van der Waals surface area contributed by atoms with Gasteiger partial charge in [0.05, 0.1) is 13.5 Å². The lowest BCUT2D eigenvalue weighted by molar-refractivity contribution is 0.628. The van der Waals surface area contributed by atoms with Crippen molar-refractivity contribution in [1.29, 1.82) is 5.26 Å². The third-order valence-corrected chi connectivity index (χ3v) is 6.89. The molecule has 0 aliphatic heterocycles. The van der Waals surface area contributed by atoms with Crippen LogP contribution in [0.25, 0.3) is 21.6 Å². The predicted octanol–water partition coefficient (Wildman–Crippen LogP) is 5.92. The van der Waals surface area contributed by atoms with Crippen LogP contribution in [-0.2, 0) is 9.73 Å². The summed E-state index contributed by atoms with van der Waals surface area (Å²) in [6, 6.07) is 15.5. The highest BCUT2D eigenvalue weighted by molar-refractivity contribution is 9.11. The Labute approximate surface area is 158 Å². The fourth-order valence-corrected chi connectivity index (χ4v) is 4.94. The molecule has 3 rings (SSSR count). The Balaban J connectivity index is 2.07. The Hall–Kier alpha value is -2.01. The van der Waals surface area contributed by atoms with Crippen LogP contribution in [0.4, 0.5) is 4.39 Å². The lowest BCUT2D eigenvalue weighted by Crippen LogP contribution is -1.96. The minimum absolute atomic E-state index is 0.274. The maximum atomic E-state index is 13.2. The van der Waals surface area contributed by atoms with Gasteiger partial charge >= 0.3 is 0 Å². The highest BCUT2D eigenvalue weighted by atomic mass is 79.9. The van der Waals surface area contributed by atoms with Gasteiger partial charge in [0.2, 0.25) is 6.19 Å². The molecule has 1 atom stereocenters. The number of benzene rings is 2. The second-order valence-corrected chi connectivity index (χ2v) is 10.0. The van der Waals surface area contributed by atoms with Gasteiger partial charge in [0, 0.05) is 21.6 Å². The number of thiophene rings is 1. The molecule has 0 aliphatic carbocycles. The van der Waals surface area contributed by atoms with Crippen molar-refractivity contribution in [2.75, 3.05) is 6.26 Å². The van der Waals surface area contributed by atoms with Crippen molar-refractivity contribution in [3.05, 3.63) is 64.2 Å². The van der Waals surface area contributed by atoms with Crippen LogP contribution < -0.4 is 0 Å². The van der Waals surface area contributed by atoms with E-state index in [0.29, 0.717) is 4.90 Å². The van der Waals surface area contributed by atoms with Crippen molar-refractivity contribution in [2.45, 2.75) is 4.90 Å². The molecule has 0 spiro atoms. The van der Waals surface area contributed by atoms with Crippen LogP contribution in [0, 0.1) is 17.3 Å². The Morgan fingerprint density at radius 3 is 2.32 bits per heavy atom. The van der Waals surface area contributed by atoms with E-state index in [1.807, 2.05) is 18.2 Å². The smallest absolute Gasteiger partial charge is 0.214 e. The normalized spacial score (nSPS) is 13.0. The standard InChI is InChI=1S/C18H12BrFN2OS2/c1-25(23,22-11-21)15-8-4-12(5-9-15)16-10-17(19)24-18(16)13-2-6-14(20)7-3-13/h2-10H,1H3. The van der Waals surface area contributed by atoms with Crippen LogP contribution in [0.2, 0.25) is 0 Å². The molecule has 0 bridgehead atoms. The van der Waals surface area contributed by atoms with Crippen LogP contribution in [0.1, 0.15) is 0 Å². The number of rotatable bonds is 3. The molecule has 126 valence electrons. The van der Waals surface area contributed by atoms with Crippen LogP contribution in [0.5, 0.6) is 0 Å². The third kappa shape index (κ3) is 3.82. The number of hydrogen-bond acceptors (Lipinski definition) is 4. The fourth-order valence-electron chi connectivity index (χ4n) is 2.41. The summed E-state index contributed by atoms with van der Waals surface area (Å²) < 4.78 is 30.0. The van der Waals surface area contributed by atoms with Crippen molar-refractivity contribution in [2.24, 2.45) is 4.36 Å². The zero-order valence-electron chi connectivity index (χ0n) is 13.1. The summed E-state index contributed by atoms with van der Waals surface area (Å²) in [5, 5.41) is 8.65. The van der Waals surface area contributed by atoms with E-state index < -0.39 is 9.73 Å². The Morgan fingerprint density at radius 1 is 1.12 bits per heavy atom. The van der Waals surface area contributed by atoms with E-state index in [1.165, 1.54) is 18.4 Å². The molecular formula is C18H12BrFN2OS2. The van der Waals surface area contributed by atoms with Gasteiger partial charge in [-0.1, -0.05) is 24.3 Å². The Bertz CT molecular complexity index is 1070. The average Bonchev–Trinajstić information content (AvgIpc) is 2.97. The number of nitriles is 1. The molecule has 0 saturated heterocycles. The molecule has 0 N–H and O–H groups in total. The molecule has 0 aliphatic rings. The van der Waals surface area contributed by atoms with Gasteiger partial charge in [-0.2, -0.15) is 5.26 Å². The maximum absolute atomic E-state index is 13.2. The zero-order valence-corrected chi connectivity index (χ0v) is 16.3. The van der Waals surface area contributed by atoms with Crippen LogP contribution >= 0.6 is 27.3 Å². The summed E-state index contributed by atoms with van der Waals surface area (Å²) in [6.45, 7) is 0. The first-order valence-corrected chi connectivity index (χ1v) is 10.7. The molecule has 25 heavy (non-hydrogen) atoms. The number of halogens is 2. The molecule has 0 fully saturated rings. The summed E-state index contributed by atoms with van der Waals surface area (Å²) in [5.74, 6) is -0.274. The minimum atomic E-state index is -2.71. The molecule has 3 nitrogen and oxygen atoms in total. The quantitative estimate of drug-likeness (QED) is 0.480. The molecule has 7 heteroatoms. The molecular weight excluding hydrogens is 423 g/mol. The van der Waals surface area contributed by atoms with E-state index in [2.05, 4.69) is 20.3 Å². The fraction of sp³-hybridized carbons (Fsp3) is 0.0556. The lowest BCUT2D eigenvalue weighted by Gasteiger charge is -2.07. The first-order chi connectivity index (χ1) is 11.9. The van der Waals surface area contributed by atoms with E-state index in [-0.39, 0.29) is 5.82 Å². The molecule has 3 aromatic rings. The van der Waals surface area contributed by atoms with Crippen molar-refractivity contribution < 1.29 is 8.60 Å². The Kier molecular flexibility index (Phi) is 5.04. The zero-order chi connectivity index (χ0) is 18.0. The van der Waals surface area contributed by atoms with Gasteiger partial charge in [-0.05, 0) is 57.4 Å². The van der Waals surface area contributed by atoms with Crippen molar-refractivity contribution in [3.63, 3.8) is 0 Å².